The molecule has 7 heteroatoms. The molecule has 0 radical (unpaired) electrons. The Morgan fingerprint density at radius 2 is 1.69 bits per heavy atom. The second kappa shape index (κ2) is 8.96. The molecule has 0 saturated heterocycles. The van der Waals surface area contributed by atoms with Crippen LogP contribution in [0.3, 0.4) is 0 Å². The van der Waals surface area contributed by atoms with E-state index in [0.29, 0.717) is 33.2 Å². The van der Waals surface area contributed by atoms with Gasteiger partial charge in [0.1, 0.15) is 5.75 Å². The second-order valence-corrected chi connectivity index (χ2v) is 7.71. The fraction of sp³-hybridized carbons (Fsp3) is 0.227. The van der Waals surface area contributed by atoms with E-state index in [2.05, 4.69) is 5.32 Å². The number of methoxy groups -OCH3 is 1. The predicted molar refractivity (Wildman–Crippen MR) is 114 cm³/mol. The number of hydrogen-bond donors (Lipinski definition) is 1. The lowest BCUT2D eigenvalue weighted by Gasteiger charge is -2.15. The third-order valence-electron chi connectivity index (χ3n) is 4.41. The summed E-state index contributed by atoms with van der Waals surface area (Å²) >= 11 is 1.37. The molecule has 150 valence electrons. The number of nitrogens with zero attached hydrogens (tertiary/aromatic N) is 1. The first-order valence-corrected chi connectivity index (χ1v) is 10.2. The van der Waals surface area contributed by atoms with Crippen molar-refractivity contribution in [2.75, 3.05) is 18.2 Å². The van der Waals surface area contributed by atoms with Crippen LogP contribution in [0.1, 0.15) is 25.0 Å². The Kier molecular flexibility index (Phi) is 6.39. The predicted octanol–water partition coefficient (Wildman–Crippen LogP) is 3.69. The Labute approximate surface area is 173 Å². The topological polar surface area (TPSA) is 75.7 Å². The standard InChI is InChI=1S/C22H22N2O4S/c1-4-29-20-19(16-7-9-17(10-8-16)23-14(2)25)21(26)24(22(20)27)13-15-5-11-18(28-3)12-6-15/h5-12H,4,13H2,1-3H3,(H,23,25). The first-order chi connectivity index (χ1) is 13.9. The summed E-state index contributed by atoms with van der Waals surface area (Å²) in [4.78, 5) is 39.0. The van der Waals surface area contributed by atoms with Gasteiger partial charge in [-0.05, 0) is 41.1 Å². The van der Waals surface area contributed by atoms with Crippen molar-refractivity contribution in [2.45, 2.75) is 20.4 Å². The highest BCUT2D eigenvalue weighted by Crippen LogP contribution is 2.37. The number of carbonyl (C=O) groups is 3. The van der Waals surface area contributed by atoms with Gasteiger partial charge in [0.15, 0.2) is 0 Å². The van der Waals surface area contributed by atoms with Crippen LogP contribution in [0.5, 0.6) is 5.75 Å². The van der Waals surface area contributed by atoms with Crippen molar-refractivity contribution in [3.8, 4) is 5.75 Å². The van der Waals surface area contributed by atoms with Gasteiger partial charge in [-0.3, -0.25) is 19.3 Å². The molecule has 2 aromatic carbocycles. The summed E-state index contributed by atoms with van der Waals surface area (Å²) in [5.41, 5.74) is 2.55. The van der Waals surface area contributed by atoms with Crippen molar-refractivity contribution in [3.05, 3.63) is 64.6 Å². The Hall–Kier alpha value is -3.06. The summed E-state index contributed by atoms with van der Waals surface area (Å²) in [6.07, 6.45) is 0. The molecule has 29 heavy (non-hydrogen) atoms. The number of benzene rings is 2. The van der Waals surface area contributed by atoms with E-state index in [-0.39, 0.29) is 24.3 Å². The molecule has 3 amide bonds. The molecule has 3 rings (SSSR count). The van der Waals surface area contributed by atoms with E-state index < -0.39 is 0 Å². The lowest BCUT2D eigenvalue weighted by molar-refractivity contribution is -0.137. The highest BCUT2D eigenvalue weighted by Gasteiger charge is 2.38. The van der Waals surface area contributed by atoms with Crippen LogP contribution in [-0.4, -0.2) is 35.5 Å². The molecule has 0 unspecified atom stereocenters. The first-order valence-electron chi connectivity index (χ1n) is 9.18. The maximum Gasteiger partial charge on any atom is 0.268 e. The quantitative estimate of drug-likeness (QED) is 0.705. The normalized spacial score (nSPS) is 13.8. The van der Waals surface area contributed by atoms with E-state index in [1.807, 2.05) is 19.1 Å². The minimum Gasteiger partial charge on any atom is -0.497 e. The highest BCUT2D eigenvalue weighted by atomic mass is 32.2. The minimum absolute atomic E-state index is 0.169. The van der Waals surface area contributed by atoms with Gasteiger partial charge in [0.2, 0.25) is 5.91 Å². The zero-order chi connectivity index (χ0) is 21.0. The van der Waals surface area contributed by atoms with Crippen LogP contribution in [-0.2, 0) is 20.9 Å². The van der Waals surface area contributed by atoms with Gasteiger partial charge in [-0.1, -0.05) is 31.2 Å². The molecule has 1 aliphatic heterocycles. The molecular formula is C22H22N2O4S. The van der Waals surface area contributed by atoms with Gasteiger partial charge >= 0.3 is 0 Å². The van der Waals surface area contributed by atoms with Crippen molar-refractivity contribution in [2.24, 2.45) is 0 Å². The Morgan fingerprint density at radius 3 is 2.24 bits per heavy atom. The van der Waals surface area contributed by atoms with Crippen molar-refractivity contribution in [1.29, 1.82) is 0 Å². The van der Waals surface area contributed by atoms with Crippen molar-refractivity contribution in [1.82, 2.24) is 4.90 Å². The average Bonchev–Trinajstić information content (AvgIpc) is 2.93. The average molecular weight is 410 g/mol. The molecule has 6 nitrogen and oxygen atoms in total. The number of nitrogens with one attached hydrogen (secondary N) is 1. The van der Waals surface area contributed by atoms with Crippen molar-refractivity contribution in [3.63, 3.8) is 0 Å². The van der Waals surface area contributed by atoms with Gasteiger partial charge in [-0.15, -0.1) is 11.8 Å². The third-order valence-corrected chi connectivity index (χ3v) is 5.36. The van der Waals surface area contributed by atoms with Crippen LogP contribution in [0.2, 0.25) is 0 Å². The third kappa shape index (κ3) is 4.51. The van der Waals surface area contributed by atoms with E-state index in [9.17, 15) is 14.4 Å². The number of rotatable bonds is 7. The molecule has 0 spiro atoms. The summed E-state index contributed by atoms with van der Waals surface area (Å²) in [5, 5.41) is 2.70. The Balaban J connectivity index is 1.88. The first kappa shape index (κ1) is 20.7. The molecule has 0 aromatic heterocycles. The zero-order valence-electron chi connectivity index (χ0n) is 16.5. The molecule has 1 N–H and O–H groups in total. The fourth-order valence-electron chi connectivity index (χ4n) is 3.07. The van der Waals surface area contributed by atoms with E-state index in [1.54, 1.807) is 43.5 Å². The number of anilines is 1. The van der Waals surface area contributed by atoms with Gasteiger partial charge in [-0.25, -0.2) is 0 Å². The summed E-state index contributed by atoms with van der Waals surface area (Å²) in [7, 11) is 1.59. The molecule has 0 atom stereocenters. The van der Waals surface area contributed by atoms with E-state index in [0.717, 1.165) is 5.56 Å². The number of hydrogen-bond acceptors (Lipinski definition) is 5. The Morgan fingerprint density at radius 1 is 1.03 bits per heavy atom. The number of ether oxygens (including phenoxy) is 1. The van der Waals surface area contributed by atoms with Crippen LogP contribution in [0.15, 0.2) is 53.4 Å². The van der Waals surface area contributed by atoms with Crippen LogP contribution in [0, 0.1) is 0 Å². The largest absolute Gasteiger partial charge is 0.497 e. The molecule has 0 saturated carbocycles. The monoisotopic (exact) mass is 410 g/mol. The summed E-state index contributed by atoms with van der Waals surface area (Å²) in [6.45, 7) is 3.57. The lowest BCUT2D eigenvalue weighted by atomic mass is 10.1. The summed E-state index contributed by atoms with van der Waals surface area (Å²) < 4.78 is 5.15. The van der Waals surface area contributed by atoms with Crippen molar-refractivity contribution >= 4 is 40.7 Å². The number of carbonyl (C=O) groups excluding carboxylic acids is 3. The maximum atomic E-state index is 13.1. The van der Waals surface area contributed by atoms with Gasteiger partial charge in [0.05, 0.1) is 24.1 Å². The summed E-state index contributed by atoms with van der Waals surface area (Å²) in [6, 6.07) is 14.2. The van der Waals surface area contributed by atoms with E-state index >= 15 is 0 Å². The SMILES string of the molecule is CCSC1=C(c2ccc(NC(C)=O)cc2)C(=O)N(Cc2ccc(OC)cc2)C1=O. The lowest BCUT2D eigenvalue weighted by Crippen LogP contribution is -2.30. The van der Waals surface area contributed by atoms with Crippen LogP contribution in [0.25, 0.3) is 5.57 Å². The van der Waals surface area contributed by atoms with Gasteiger partial charge < -0.3 is 10.1 Å². The summed E-state index contributed by atoms with van der Waals surface area (Å²) in [5.74, 6) is 0.635. The molecule has 1 aliphatic rings. The molecular weight excluding hydrogens is 388 g/mol. The van der Waals surface area contributed by atoms with Gasteiger partial charge in [0.25, 0.3) is 11.8 Å². The molecule has 0 fully saturated rings. The smallest absolute Gasteiger partial charge is 0.268 e. The Bertz CT molecular complexity index is 965. The zero-order valence-corrected chi connectivity index (χ0v) is 17.3. The highest BCUT2D eigenvalue weighted by molar-refractivity contribution is 8.04. The fourth-order valence-corrected chi connectivity index (χ4v) is 3.94. The van der Waals surface area contributed by atoms with Gasteiger partial charge in [0, 0.05) is 12.6 Å². The number of imide groups is 1. The second-order valence-electron chi connectivity index (χ2n) is 6.44. The number of thioether (sulfide) groups is 1. The molecule has 0 bridgehead atoms. The molecule has 2 aromatic rings. The van der Waals surface area contributed by atoms with Gasteiger partial charge in [-0.2, -0.15) is 0 Å². The van der Waals surface area contributed by atoms with Crippen molar-refractivity contribution < 1.29 is 19.1 Å². The van der Waals surface area contributed by atoms with E-state index in [4.69, 9.17) is 4.74 Å². The molecule has 0 aliphatic carbocycles. The molecule has 1 heterocycles. The maximum absolute atomic E-state index is 13.1. The van der Waals surface area contributed by atoms with Crippen LogP contribution >= 0.6 is 11.8 Å². The number of amides is 3. The van der Waals surface area contributed by atoms with Crippen LogP contribution < -0.4 is 10.1 Å². The van der Waals surface area contributed by atoms with Crippen LogP contribution in [0.4, 0.5) is 5.69 Å². The van der Waals surface area contributed by atoms with E-state index in [1.165, 1.54) is 23.6 Å². The minimum atomic E-state index is -0.311.